The summed E-state index contributed by atoms with van der Waals surface area (Å²) < 4.78 is 31.4. The Kier molecular flexibility index (Phi) is 3.43. The molecular formula is C16H18N2O5S. The molecule has 2 saturated heterocycles. The molecule has 7 nitrogen and oxygen atoms in total. The zero-order valence-corrected chi connectivity index (χ0v) is 14.1. The van der Waals surface area contributed by atoms with Crippen molar-refractivity contribution in [3.8, 4) is 0 Å². The van der Waals surface area contributed by atoms with Crippen LogP contribution in [0, 0.1) is 0 Å². The lowest BCUT2D eigenvalue weighted by atomic mass is 10.0. The van der Waals surface area contributed by atoms with Crippen molar-refractivity contribution in [2.24, 2.45) is 0 Å². The topological polar surface area (TPSA) is 84.0 Å². The molecule has 8 heteroatoms. The Morgan fingerprint density at radius 2 is 2.17 bits per heavy atom. The lowest BCUT2D eigenvalue weighted by Crippen LogP contribution is -2.44. The van der Waals surface area contributed by atoms with Gasteiger partial charge in [0.15, 0.2) is 0 Å². The second-order valence-electron chi connectivity index (χ2n) is 6.32. The van der Waals surface area contributed by atoms with Crippen LogP contribution in [-0.2, 0) is 14.8 Å². The summed E-state index contributed by atoms with van der Waals surface area (Å²) in [4.78, 5) is 26.7. The first-order valence-corrected chi connectivity index (χ1v) is 9.51. The van der Waals surface area contributed by atoms with E-state index in [1.165, 1.54) is 18.2 Å². The number of rotatable bonds is 2. The molecular weight excluding hydrogens is 332 g/mol. The van der Waals surface area contributed by atoms with Gasteiger partial charge in [0.05, 0.1) is 24.3 Å². The molecule has 2 atom stereocenters. The molecule has 0 aliphatic carbocycles. The number of ether oxygens (including phenoxy) is 1. The van der Waals surface area contributed by atoms with Crippen molar-refractivity contribution >= 4 is 21.8 Å². The number of hydrogen-bond acceptors (Lipinski definition) is 5. The second-order valence-corrected chi connectivity index (χ2v) is 8.15. The standard InChI is InChI=1S/C16H18N2O5S/c1-2-18-16(20)13-4-3-10(7-14(13)24(18,21)22)15(19)17-6-5-12-8-11(17)9-23-12/h3-4,7,11-12H,2,5-6,8-9H2,1H3. The van der Waals surface area contributed by atoms with E-state index in [9.17, 15) is 18.0 Å². The third kappa shape index (κ3) is 2.09. The number of sulfonamides is 1. The quantitative estimate of drug-likeness (QED) is 0.790. The van der Waals surface area contributed by atoms with Gasteiger partial charge in [-0.25, -0.2) is 12.7 Å². The first-order valence-electron chi connectivity index (χ1n) is 8.07. The van der Waals surface area contributed by atoms with Crippen LogP contribution in [0.3, 0.4) is 0 Å². The van der Waals surface area contributed by atoms with Crippen molar-refractivity contribution in [1.29, 1.82) is 0 Å². The second kappa shape index (κ2) is 5.29. The monoisotopic (exact) mass is 350 g/mol. The van der Waals surface area contributed by atoms with E-state index in [0.29, 0.717) is 18.7 Å². The third-order valence-electron chi connectivity index (χ3n) is 4.99. The summed E-state index contributed by atoms with van der Waals surface area (Å²) >= 11 is 0. The molecule has 0 aromatic heterocycles. The number of carbonyl (C=O) groups is 2. The van der Waals surface area contributed by atoms with Gasteiger partial charge in [-0.1, -0.05) is 0 Å². The summed E-state index contributed by atoms with van der Waals surface area (Å²) in [7, 11) is -3.85. The lowest BCUT2D eigenvalue weighted by molar-refractivity contribution is 0.0654. The van der Waals surface area contributed by atoms with Gasteiger partial charge in [0.1, 0.15) is 4.90 Å². The minimum atomic E-state index is -3.85. The van der Waals surface area contributed by atoms with Crippen molar-refractivity contribution in [1.82, 2.24) is 9.21 Å². The van der Waals surface area contributed by atoms with Gasteiger partial charge in [-0.2, -0.15) is 0 Å². The summed E-state index contributed by atoms with van der Waals surface area (Å²) in [5.74, 6) is -0.735. The molecule has 1 aromatic carbocycles. The van der Waals surface area contributed by atoms with Crippen LogP contribution in [0.5, 0.6) is 0 Å². The molecule has 0 saturated carbocycles. The molecule has 3 heterocycles. The summed E-state index contributed by atoms with van der Waals surface area (Å²) in [5, 5.41) is 0. The van der Waals surface area contributed by atoms with E-state index in [1.54, 1.807) is 11.8 Å². The van der Waals surface area contributed by atoms with Crippen molar-refractivity contribution in [3.63, 3.8) is 0 Å². The van der Waals surface area contributed by atoms with Gasteiger partial charge < -0.3 is 9.64 Å². The first kappa shape index (κ1) is 15.6. The van der Waals surface area contributed by atoms with Gasteiger partial charge in [0, 0.05) is 18.7 Å². The number of likely N-dealkylation sites (tertiary alicyclic amines) is 1. The molecule has 128 valence electrons. The fourth-order valence-corrected chi connectivity index (χ4v) is 5.33. The molecule has 0 spiro atoms. The van der Waals surface area contributed by atoms with Crippen LogP contribution in [0.25, 0.3) is 0 Å². The maximum absolute atomic E-state index is 12.8. The van der Waals surface area contributed by atoms with E-state index in [1.807, 2.05) is 0 Å². The lowest BCUT2D eigenvalue weighted by Gasteiger charge is -2.31. The zero-order chi connectivity index (χ0) is 17.1. The molecule has 2 bridgehead atoms. The van der Waals surface area contributed by atoms with Gasteiger partial charge in [-0.05, 0) is 38.0 Å². The molecule has 2 amide bonds. The van der Waals surface area contributed by atoms with Crippen molar-refractivity contribution in [3.05, 3.63) is 29.3 Å². The zero-order valence-electron chi connectivity index (χ0n) is 13.3. The highest BCUT2D eigenvalue weighted by molar-refractivity contribution is 7.90. The fraction of sp³-hybridized carbons (Fsp3) is 0.500. The fourth-order valence-electron chi connectivity index (χ4n) is 3.73. The van der Waals surface area contributed by atoms with Crippen LogP contribution in [0.15, 0.2) is 23.1 Å². The van der Waals surface area contributed by atoms with E-state index in [4.69, 9.17) is 4.74 Å². The van der Waals surface area contributed by atoms with E-state index in [-0.39, 0.29) is 35.1 Å². The minimum Gasteiger partial charge on any atom is -0.376 e. The number of amides is 2. The Morgan fingerprint density at radius 1 is 1.38 bits per heavy atom. The maximum atomic E-state index is 12.8. The highest BCUT2D eigenvalue weighted by Gasteiger charge is 2.42. The number of carbonyl (C=O) groups excluding carboxylic acids is 2. The summed E-state index contributed by atoms with van der Waals surface area (Å²) in [6.45, 7) is 2.82. The van der Waals surface area contributed by atoms with E-state index >= 15 is 0 Å². The normalized spacial score (nSPS) is 27.5. The van der Waals surface area contributed by atoms with Crippen molar-refractivity contribution in [2.45, 2.75) is 36.8 Å². The number of fused-ring (bicyclic) bond motifs is 3. The SMILES string of the molecule is CCN1C(=O)c2ccc(C(=O)N3CCC4CC3CO4)cc2S1(=O)=O. The van der Waals surface area contributed by atoms with E-state index in [0.717, 1.165) is 17.1 Å². The molecule has 24 heavy (non-hydrogen) atoms. The van der Waals surface area contributed by atoms with Gasteiger partial charge in [0.25, 0.3) is 21.8 Å². The summed E-state index contributed by atoms with van der Waals surface area (Å²) in [6, 6.07) is 4.36. The molecule has 1 aromatic rings. The van der Waals surface area contributed by atoms with Gasteiger partial charge in [0.2, 0.25) is 0 Å². The Labute approximate surface area is 140 Å². The van der Waals surface area contributed by atoms with Gasteiger partial charge in [-0.15, -0.1) is 0 Å². The molecule has 0 N–H and O–H groups in total. The van der Waals surface area contributed by atoms with Crippen LogP contribution >= 0.6 is 0 Å². The molecule has 3 aliphatic rings. The largest absolute Gasteiger partial charge is 0.376 e. The Hall–Kier alpha value is -1.93. The van der Waals surface area contributed by atoms with E-state index < -0.39 is 15.9 Å². The minimum absolute atomic E-state index is 0.0508. The average molecular weight is 350 g/mol. The Balaban J connectivity index is 1.70. The van der Waals surface area contributed by atoms with Crippen LogP contribution in [-0.4, -0.2) is 61.3 Å². The molecule has 2 fully saturated rings. The summed E-state index contributed by atoms with van der Waals surface area (Å²) in [5.41, 5.74) is 0.435. The van der Waals surface area contributed by atoms with E-state index in [2.05, 4.69) is 0 Å². The predicted octanol–water partition coefficient (Wildman–Crippen LogP) is 0.854. The molecule has 4 rings (SSSR count). The van der Waals surface area contributed by atoms with Crippen LogP contribution in [0.4, 0.5) is 0 Å². The smallest absolute Gasteiger partial charge is 0.268 e. The van der Waals surface area contributed by atoms with Gasteiger partial charge in [-0.3, -0.25) is 9.59 Å². The van der Waals surface area contributed by atoms with Crippen molar-refractivity contribution in [2.75, 3.05) is 19.7 Å². The number of nitrogens with zero attached hydrogens (tertiary/aromatic N) is 2. The predicted molar refractivity (Wildman–Crippen MR) is 84.1 cm³/mol. The van der Waals surface area contributed by atoms with Crippen LogP contribution in [0.1, 0.15) is 40.5 Å². The number of hydrogen-bond donors (Lipinski definition) is 0. The van der Waals surface area contributed by atoms with Crippen molar-refractivity contribution < 1.29 is 22.7 Å². The first-order chi connectivity index (χ1) is 11.4. The highest BCUT2D eigenvalue weighted by Crippen LogP contribution is 2.32. The molecule has 3 aliphatic heterocycles. The number of benzene rings is 1. The van der Waals surface area contributed by atoms with Crippen LogP contribution < -0.4 is 0 Å². The van der Waals surface area contributed by atoms with Crippen LogP contribution in [0.2, 0.25) is 0 Å². The molecule has 2 unspecified atom stereocenters. The highest BCUT2D eigenvalue weighted by atomic mass is 32.2. The third-order valence-corrected chi connectivity index (χ3v) is 6.89. The Bertz CT molecular complexity index is 835. The number of piperidine rings is 1. The average Bonchev–Trinajstić information content (AvgIpc) is 3.03. The maximum Gasteiger partial charge on any atom is 0.268 e. The van der Waals surface area contributed by atoms with Gasteiger partial charge >= 0.3 is 0 Å². The molecule has 0 radical (unpaired) electrons. The summed E-state index contributed by atoms with van der Waals surface area (Å²) in [6.07, 6.45) is 1.86. The Morgan fingerprint density at radius 3 is 2.92 bits per heavy atom.